The molecular formula is C10H15F3N2. The van der Waals surface area contributed by atoms with Crippen molar-refractivity contribution in [1.29, 1.82) is 0 Å². The van der Waals surface area contributed by atoms with E-state index >= 15 is 0 Å². The maximum atomic E-state index is 12.2. The van der Waals surface area contributed by atoms with Crippen molar-refractivity contribution in [3.05, 3.63) is 17.5 Å². The van der Waals surface area contributed by atoms with Gasteiger partial charge in [0.15, 0.2) is 0 Å². The highest BCUT2D eigenvalue weighted by molar-refractivity contribution is 5.16. The average Bonchev–Trinajstić information content (AvgIpc) is 2.27. The van der Waals surface area contributed by atoms with Crippen molar-refractivity contribution in [2.45, 2.75) is 45.8 Å². The summed E-state index contributed by atoms with van der Waals surface area (Å²) in [6, 6.07) is 1.70. The Hall–Kier alpha value is -1.00. The van der Waals surface area contributed by atoms with Gasteiger partial charge in [-0.15, -0.1) is 0 Å². The van der Waals surface area contributed by atoms with E-state index in [9.17, 15) is 13.2 Å². The van der Waals surface area contributed by atoms with E-state index in [1.807, 2.05) is 20.8 Å². The standard InChI is InChI=1S/C10H15F3N2/c1-7-5-8(9(2,3)4)14-15(7)6-10(11,12)13/h5H,6H2,1-4H3. The minimum Gasteiger partial charge on any atom is -0.260 e. The van der Waals surface area contributed by atoms with Crippen LogP contribution in [-0.4, -0.2) is 16.0 Å². The molecule has 0 aliphatic rings. The van der Waals surface area contributed by atoms with Crippen LogP contribution in [-0.2, 0) is 12.0 Å². The van der Waals surface area contributed by atoms with Gasteiger partial charge in [0.2, 0.25) is 0 Å². The van der Waals surface area contributed by atoms with Crippen molar-refractivity contribution in [3.63, 3.8) is 0 Å². The molecule has 0 aromatic carbocycles. The summed E-state index contributed by atoms with van der Waals surface area (Å²) in [7, 11) is 0. The number of aromatic nitrogens is 2. The van der Waals surface area contributed by atoms with Crippen molar-refractivity contribution in [3.8, 4) is 0 Å². The summed E-state index contributed by atoms with van der Waals surface area (Å²) >= 11 is 0. The maximum absolute atomic E-state index is 12.2. The largest absolute Gasteiger partial charge is 0.408 e. The smallest absolute Gasteiger partial charge is 0.260 e. The lowest BCUT2D eigenvalue weighted by Gasteiger charge is -2.14. The third-order valence-electron chi connectivity index (χ3n) is 2.08. The fraction of sp³-hybridized carbons (Fsp3) is 0.700. The quantitative estimate of drug-likeness (QED) is 0.711. The van der Waals surface area contributed by atoms with Crippen LogP contribution < -0.4 is 0 Å². The first-order chi connectivity index (χ1) is 6.59. The number of aryl methyl sites for hydroxylation is 1. The lowest BCUT2D eigenvalue weighted by Crippen LogP contribution is -2.20. The van der Waals surface area contributed by atoms with Crippen molar-refractivity contribution < 1.29 is 13.2 Å². The molecule has 0 fully saturated rings. The molecule has 1 heterocycles. The van der Waals surface area contributed by atoms with E-state index in [1.165, 1.54) is 0 Å². The molecular weight excluding hydrogens is 205 g/mol. The van der Waals surface area contributed by atoms with Gasteiger partial charge in [-0.05, 0) is 13.0 Å². The van der Waals surface area contributed by atoms with E-state index in [1.54, 1.807) is 13.0 Å². The van der Waals surface area contributed by atoms with Crippen LogP contribution in [0.4, 0.5) is 13.2 Å². The Morgan fingerprint density at radius 3 is 2.13 bits per heavy atom. The van der Waals surface area contributed by atoms with Crippen molar-refractivity contribution in [2.24, 2.45) is 0 Å². The van der Waals surface area contributed by atoms with E-state index in [2.05, 4.69) is 5.10 Å². The van der Waals surface area contributed by atoms with E-state index in [0.29, 0.717) is 11.4 Å². The second kappa shape index (κ2) is 3.54. The number of halogens is 3. The lowest BCUT2D eigenvalue weighted by molar-refractivity contribution is -0.143. The summed E-state index contributed by atoms with van der Waals surface area (Å²) in [5.41, 5.74) is 1.00. The molecule has 5 heteroatoms. The molecule has 0 unspecified atom stereocenters. The molecule has 15 heavy (non-hydrogen) atoms. The van der Waals surface area contributed by atoms with E-state index in [0.717, 1.165) is 4.68 Å². The fourth-order valence-corrected chi connectivity index (χ4v) is 1.21. The molecule has 0 atom stereocenters. The minimum absolute atomic E-state index is 0.221. The Bertz CT molecular complexity index is 345. The van der Waals surface area contributed by atoms with Gasteiger partial charge in [-0.2, -0.15) is 18.3 Å². The normalized spacial score (nSPS) is 13.3. The SMILES string of the molecule is Cc1cc(C(C)(C)C)nn1CC(F)(F)F. The Labute approximate surface area is 87.1 Å². The summed E-state index contributed by atoms with van der Waals surface area (Å²) in [5, 5.41) is 3.96. The zero-order chi connectivity index (χ0) is 11.9. The van der Waals surface area contributed by atoms with Gasteiger partial charge in [0.1, 0.15) is 6.54 Å². The molecule has 0 N–H and O–H groups in total. The first-order valence-corrected chi connectivity index (χ1v) is 4.71. The monoisotopic (exact) mass is 220 g/mol. The average molecular weight is 220 g/mol. The number of hydrogen-bond acceptors (Lipinski definition) is 1. The molecule has 0 aliphatic carbocycles. The van der Waals surface area contributed by atoms with Gasteiger partial charge in [-0.3, -0.25) is 4.68 Å². The first kappa shape index (κ1) is 12.1. The lowest BCUT2D eigenvalue weighted by atomic mass is 9.92. The molecule has 0 saturated carbocycles. The zero-order valence-corrected chi connectivity index (χ0v) is 9.31. The highest BCUT2D eigenvalue weighted by Gasteiger charge is 2.30. The van der Waals surface area contributed by atoms with Gasteiger partial charge in [0.25, 0.3) is 0 Å². The summed E-state index contributed by atoms with van der Waals surface area (Å²) in [6.45, 7) is 6.38. The predicted molar refractivity (Wildman–Crippen MR) is 51.7 cm³/mol. The first-order valence-electron chi connectivity index (χ1n) is 4.71. The summed E-state index contributed by atoms with van der Waals surface area (Å²) in [4.78, 5) is 0. The van der Waals surface area contributed by atoms with Crippen LogP contribution in [0.25, 0.3) is 0 Å². The highest BCUT2D eigenvalue weighted by atomic mass is 19.4. The highest BCUT2D eigenvalue weighted by Crippen LogP contribution is 2.24. The molecule has 0 spiro atoms. The Kier molecular flexibility index (Phi) is 2.85. The third-order valence-corrected chi connectivity index (χ3v) is 2.08. The van der Waals surface area contributed by atoms with Crippen LogP contribution in [0.3, 0.4) is 0 Å². The molecule has 0 saturated heterocycles. The van der Waals surface area contributed by atoms with Gasteiger partial charge < -0.3 is 0 Å². The molecule has 86 valence electrons. The maximum Gasteiger partial charge on any atom is 0.408 e. The van der Waals surface area contributed by atoms with Crippen molar-refractivity contribution in [1.82, 2.24) is 9.78 Å². The molecule has 1 rings (SSSR count). The number of alkyl halides is 3. The van der Waals surface area contributed by atoms with Crippen LogP contribution in [0.2, 0.25) is 0 Å². The van der Waals surface area contributed by atoms with Crippen LogP contribution >= 0.6 is 0 Å². The summed E-state index contributed by atoms with van der Waals surface area (Å²) in [6.07, 6.45) is -4.22. The van der Waals surface area contributed by atoms with Gasteiger partial charge in [-0.25, -0.2) is 0 Å². The molecule has 0 aliphatic heterocycles. The van der Waals surface area contributed by atoms with Crippen LogP contribution in [0.5, 0.6) is 0 Å². The molecule has 1 aromatic rings. The molecule has 2 nitrogen and oxygen atoms in total. The Morgan fingerprint density at radius 2 is 1.80 bits per heavy atom. The molecule has 0 radical (unpaired) electrons. The summed E-state index contributed by atoms with van der Waals surface area (Å²) < 4.78 is 37.5. The van der Waals surface area contributed by atoms with Gasteiger partial charge in [-0.1, -0.05) is 20.8 Å². The zero-order valence-electron chi connectivity index (χ0n) is 9.31. The van der Waals surface area contributed by atoms with Crippen LogP contribution in [0.15, 0.2) is 6.07 Å². The summed E-state index contributed by atoms with van der Waals surface area (Å²) in [5.74, 6) is 0. The van der Waals surface area contributed by atoms with E-state index in [4.69, 9.17) is 0 Å². The minimum atomic E-state index is -4.22. The Balaban J connectivity index is 2.97. The van der Waals surface area contributed by atoms with Crippen LogP contribution in [0.1, 0.15) is 32.2 Å². The molecule has 1 aromatic heterocycles. The van der Waals surface area contributed by atoms with E-state index < -0.39 is 12.7 Å². The van der Waals surface area contributed by atoms with Crippen LogP contribution in [0, 0.1) is 6.92 Å². The predicted octanol–water partition coefficient (Wildman–Crippen LogP) is 3.05. The van der Waals surface area contributed by atoms with Gasteiger partial charge in [0.05, 0.1) is 5.69 Å². The van der Waals surface area contributed by atoms with Gasteiger partial charge in [0, 0.05) is 11.1 Å². The molecule has 0 amide bonds. The number of rotatable bonds is 1. The number of nitrogens with zero attached hydrogens (tertiary/aromatic N) is 2. The molecule has 0 bridgehead atoms. The third kappa shape index (κ3) is 3.25. The second-order valence-electron chi connectivity index (χ2n) is 4.69. The van der Waals surface area contributed by atoms with Crippen molar-refractivity contribution >= 4 is 0 Å². The topological polar surface area (TPSA) is 17.8 Å². The Morgan fingerprint density at radius 1 is 1.27 bits per heavy atom. The fourth-order valence-electron chi connectivity index (χ4n) is 1.21. The number of hydrogen-bond donors (Lipinski definition) is 0. The van der Waals surface area contributed by atoms with Crippen molar-refractivity contribution in [2.75, 3.05) is 0 Å². The second-order valence-corrected chi connectivity index (χ2v) is 4.69. The van der Waals surface area contributed by atoms with E-state index in [-0.39, 0.29) is 5.41 Å². The van der Waals surface area contributed by atoms with Gasteiger partial charge >= 0.3 is 6.18 Å².